The lowest BCUT2D eigenvalue weighted by Crippen LogP contribution is -2.47. The van der Waals surface area contributed by atoms with Gasteiger partial charge in [0.1, 0.15) is 11.5 Å². The summed E-state index contributed by atoms with van der Waals surface area (Å²) in [7, 11) is 1.83. The Balaban J connectivity index is 1.43. The molecule has 2 heterocycles. The van der Waals surface area contributed by atoms with Crippen LogP contribution in [0.2, 0.25) is 0 Å². The third kappa shape index (κ3) is 5.81. The minimum Gasteiger partial charge on any atom is -0.361 e. The van der Waals surface area contributed by atoms with E-state index in [1.54, 1.807) is 24.5 Å². The van der Waals surface area contributed by atoms with Gasteiger partial charge < -0.3 is 10.2 Å². The van der Waals surface area contributed by atoms with Gasteiger partial charge in [0.25, 0.3) is 0 Å². The van der Waals surface area contributed by atoms with E-state index in [9.17, 15) is 4.39 Å². The molecule has 0 spiro atoms. The number of hydrogen-bond acceptors (Lipinski definition) is 6. The van der Waals surface area contributed by atoms with Gasteiger partial charge in [-0.3, -0.25) is 14.9 Å². The molecule has 4 rings (SSSR count). The maximum Gasteiger partial charge on any atom is 0.155 e. The van der Waals surface area contributed by atoms with Gasteiger partial charge in [0.2, 0.25) is 0 Å². The van der Waals surface area contributed by atoms with Crippen molar-refractivity contribution in [2.24, 2.45) is 4.99 Å². The van der Waals surface area contributed by atoms with Crippen LogP contribution >= 0.6 is 0 Å². The zero-order valence-electron chi connectivity index (χ0n) is 19.1. The minimum atomic E-state index is -0.255. The second-order valence-electron chi connectivity index (χ2n) is 7.99. The normalized spacial score (nSPS) is 15.5. The van der Waals surface area contributed by atoms with Gasteiger partial charge in [0.15, 0.2) is 5.82 Å². The van der Waals surface area contributed by atoms with E-state index in [-0.39, 0.29) is 5.82 Å². The number of rotatable bonds is 7. The summed E-state index contributed by atoms with van der Waals surface area (Å²) in [5, 5.41) is 3.39. The van der Waals surface area contributed by atoms with Crippen molar-refractivity contribution in [1.29, 1.82) is 0 Å². The van der Waals surface area contributed by atoms with Gasteiger partial charge in [0.05, 0.1) is 0 Å². The van der Waals surface area contributed by atoms with Crippen LogP contribution in [0.15, 0.2) is 83.8 Å². The molecule has 6 nitrogen and oxygen atoms in total. The zero-order valence-corrected chi connectivity index (χ0v) is 19.1. The van der Waals surface area contributed by atoms with Crippen molar-refractivity contribution in [3.63, 3.8) is 0 Å². The van der Waals surface area contributed by atoms with Crippen LogP contribution in [0.4, 0.5) is 15.9 Å². The molecule has 1 fully saturated rings. The molecule has 0 saturated carbocycles. The highest BCUT2D eigenvalue weighted by Crippen LogP contribution is 2.27. The molecule has 2 aromatic carbocycles. The van der Waals surface area contributed by atoms with Gasteiger partial charge in [-0.1, -0.05) is 18.2 Å². The van der Waals surface area contributed by atoms with E-state index in [0.717, 1.165) is 61.2 Å². The first kappa shape index (κ1) is 22.6. The van der Waals surface area contributed by atoms with Crippen LogP contribution in [0.5, 0.6) is 0 Å². The van der Waals surface area contributed by atoms with Crippen LogP contribution in [0, 0.1) is 5.82 Å². The fourth-order valence-corrected chi connectivity index (χ4v) is 3.85. The van der Waals surface area contributed by atoms with Crippen LogP contribution in [0.25, 0.3) is 11.3 Å². The Labute approximate surface area is 194 Å². The Bertz CT molecular complexity index is 1100. The predicted octanol–water partition coefficient (Wildman–Crippen LogP) is 4.49. The average molecular weight is 445 g/mol. The second-order valence-corrected chi connectivity index (χ2v) is 7.99. The van der Waals surface area contributed by atoms with Crippen LogP contribution in [-0.4, -0.2) is 60.4 Å². The summed E-state index contributed by atoms with van der Waals surface area (Å²) in [5.41, 5.74) is 4.90. The molecule has 170 valence electrons. The third-order valence-corrected chi connectivity index (χ3v) is 5.85. The number of anilines is 2. The van der Waals surface area contributed by atoms with Crippen LogP contribution < -0.4 is 10.2 Å². The van der Waals surface area contributed by atoms with Crippen LogP contribution in [0.1, 0.15) is 6.92 Å². The van der Waals surface area contributed by atoms with E-state index < -0.39 is 0 Å². The van der Waals surface area contributed by atoms with Crippen LogP contribution in [0.3, 0.4) is 0 Å². The molecule has 1 aliphatic heterocycles. The predicted molar refractivity (Wildman–Crippen MR) is 133 cm³/mol. The average Bonchev–Trinajstić information content (AvgIpc) is 2.87. The van der Waals surface area contributed by atoms with Crippen molar-refractivity contribution < 1.29 is 4.39 Å². The summed E-state index contributed by atoms with van der Waals surface area (Å²) < 4.78 is 13.4. The maximum atomic E-state index is 13.4. The molecule has 0 amide bonds. The molecular formula is C26H29FN6. The molecule has 0 bridgehead atoms. The van der Waals surface area contributed by atoms with Crippen LogP contribution in [-0.2, 0) is 0 Å². The molecule has 1 N–H and O–H groups in total. The number of aliphatic imine (C=N–C) groups is 1. The summed E-state index contributed by atoms with van der Waals surface area (Å²) >= 11 is 0. The molecule has 0 aliphatic carbocycles. The lowest BCUT2D eigenvalue weighted by molar-refractivity contribution is 0.280. The Morgan fingerprint density at radius 2 is 1.70 bits per heavy atom. The van der Waals surface area contributed by atoms with Crippen molar-refractivity contribution in [2.45, 2.75) is 6.92 Å². The van der Waals surface area contributed by atoms with E-state index in [0.29, 0.717) is 0 Å². The molecule has 1 saturated heterocycles. The summed E-state index contributed by atoms with van der Waals surface area (Å²) in [5.74, 6) is 0.589. The highest BCUT2D eigenvalue weighted by atomic mass is 19.1. The molecule has 1 aromatic heterocycles. The Morgan fingerprint density at radius 3 is 2.39 bits per heavy atom. The summed E-state index contributed by atoms with van der Waals surface area (Å²) in [6.45, 7) is 6.35. The highest BCUT2D eigenvalue weighted by Gasteiger charge is 2.22. The lowest BCUT2D eigenvalue weighted by atomic mass is 10.1. The molecule has 0 unspecified atom stereocenters. The number of nitrogens with one attached hydrogen (secondary N) is 1. The number of hydrogen-bond donors (Lipinski definition) is 1. The van der Waals surface area contributed by atoms with Gasteiger partial charge in [0, 0.05) is 80.9 Å². The molecule has 7 heteroatoms. The number of halogens is 1. The maximum absolute atomic E-state index is 13.4. The zero-order chi connectivity index (χ0) is 23.0. The van der Waals surface area contributed by atoms with Crippen molar-refractivity contribution in [2.75, 3.05) is 50.0 Å². The first-order chi connectivity index (χ1) is 16.1. The highest BCUT2D eigenvalue weighted by molar-refractivity contribution is 5.98. The van der Waals surface area contributed by atoms with E-state index in [2.05, 4.69) is 36.3 Å². The molecule has 0 atom stereocenters. The summed E-state index contributed by atoms with van der Waals surface area (Å²) in [6.07, 6.45) is 5.45. The van der Waals surface area contributed by atoms with E-state index in [1.165, 1.54) is 17.7 Å². The van der Waals surface area contributed by atoms with E-state index in [1.807, 2.05) is 44.3 Å². The van der Waals surface area contributed by atoms with E-state index >= 15 is 0 Å². The quantitative estimate of drug-likeness (QED) is 0.544. The van der Waals surface area contributed by atoms with Gasteiger partial charge in [-0.05, 0) is 43.3 Å². The Kier molecular flexibility index (Phi) is 7.42. The number of piperazine rings is 1. The van der Waals surface area contributed by atoms with Gasteiger partial charge in [-0.2, -0.15) is 0 Å². The van der Waals surface area contributed by atoms with Crippen molar-refractivity contribution in [3.05, 3.63) is 84.6 Å². The summed E-state index contributed by atoms with van der Waals surface area (Å²) in [6, 6.07) is 16.6. The van der Waals surface area contributed by atoms with Crippen molar-refractivity contribution in [3.8, 4) is 11.3 Å². The van der Waals surface area contributed by atoms with E-state index in [4.69, 9.17) is 0 Å². The minimum absolute atomic E-state index is 0.255. The SMILES string of the molecule is CN=C(C)/C(=C\Nc1ccccc1)CN1CCN(c2nccnc2-c2ccc(F)cc2)CC1. The molecule has 3 aromatic rings. The first-order valence-electron chi connectivity index (χ1n) is 11.1. The first-order valence-corrected chi connectivity index (χ1v) is 11.1. The Morgan fingerprint density at radius 1 is 1.00 bits per heavy atom. The Hall–Kier alpha value is -3.58. The monoisotopic (exact) mass is 444 g/mol. The number of para-hydroxylation sites is 1. The molecule has 1 aliphatic rings. The fourth-order valence-electron chi connectivity index (χ4n) is 3.85. The van der Waals surface area contributed by atoms with Gasteiger partial charge in [-0.25, -0.2) is 9.37 Å². The lowest BCUT2D eigenvalue weighted by Gasteiger charge is -2.36. The largest absolute Gasteiger partial charge is 0.361 e. The fraction of sp³-hybridized carbons (Fsp3) is 0.269. The van der Waals surface area contributed by atoms with Gasteiger partial charge in [-0.15, -0.1) is 0 Å². The third-order valence-electron chi connectivity index (χ3n) is 5.85. The standard InChI is InChI=1S/C26H29FN6/c1-20(28-2)22(18-31-24-6-4-3-5-7-24)19-32-14-16-33(17-15-32)26-25(29-12-13-30-26)21-8-10-23(27)11-9-21/h3-13,18,31H,14-17,19H2,1-2H3/b22-18-,28-20?. The summed E-state index contributed by atoms with van der Waals surface area (Å²) in [4.78, 5) is 18.2. The van der Waals surface area contributed by atoms with Crippen molar-refractivity contribution in [1.82, 2.24) is 14.9 Å². The second kappa shape index (κ2) is 10.8. The smallest absolute Gasteiger partial charge is 0.155 e. The molecule has 0 radical (unpaired) electrons. The topological polar surface area (TPSA) is 56.7 Å². The van der Waals surface area contributed by atoms with Gasteiger partial charge >= 0.3 is 0 Å². The number of nitrogens with zero attached hydrogens (tertiary/aromatic N) is 5. The van der Waals surface area contributed by atoms with Crippen molar-refractivity contribution >= 4 is 17.2 Å². The molecule has 33 heavy (non-hydrogen) atoms. The number of benzene rings is 2. The molecular weight excluding hydrogens is 415 g/mol. The number of aromatic nitrogens is 2.